The van der Waals surface area contributed by atoms with E-state index in [1.54, 1.807) is 18.2 Å². The van der Waals surface area contributed by atoms with E-state index < -0.39 is 0 Å². The fourth-order valence-corrected chi connectivity index (χ4v) is 1.04. The average molecular weight is 204 g/mol. The van der Waals surface area contributed by atoms with Gasteiger partial charge in [-0.1, -0.05) is 24.4 Å². The van der Waals surface area contributed by atoms with Gasteiger partial charge in [-0.15, -0.1) is 0 Å². The zero-order chi connectivity index (χ0) is 10.6. The van der Waals surface area contributed by atoms with E-state index in [4.69, 9.17) is 16.1 Å². The molecule has 0 radical (unpaired) electrons. The molecule has 0 aliphatic heterocycles. The summed E-state index contributed by atoms with van der Waals surface area (Å²) in [5.41, 5.74) is 6.23. The van der Waals surface area contributed by atoms with Crippen LogP contribution in [0.1, 0.15) is 5.56 Å². The lowest BCUT2D eigenvalue weighted by Gasteiger charge is -1.96. The highest BCUT2D eigenvalue weighted by Gasteiger charge is 1.99. The number of benzene rings is 1. The molecule has 1 aromatic rings. The lowest BCUT2D eigenvalue weighted by molar-refractivity contribution is 0.475. The highest BCUT2D eigenvalue weighted by molar-refractivity contribution is 7.80. The van der Waals surface area contributed by atoms with E-state index in [-0.39, 0.29) is 16.3 Å². The van der Waals surface area contributed by atoms with Crippen molar-refractivity contribution in [3.05, 3.63) is 35.4 Å². The van der Waals surface area contributed by atoms with Gasteiger partial charge >= 0.3 is 0 Å². The minimum atomic E-state index is 0.0517. The van der Waals surface area contributed by atoms with Crippen LogP contribution >= 0.6 is 12.2 Å². The Hall–Kier alpha value is -1.86. The van der Waals surface area contributed by atoms with Gasteiger partial charge in [0.2, 0.25) is 0 Å². The number of rotatable bonds is 2. The van der Waals surface area contributed by atoms with Crippen LogP contribution in [0.4, 0.5) is 0 Å². The van der Waals surface area contributed by atoms with Crippen LogP contribution in [0.15, 0.2) is 29.8 Å². The predicted molar refractivity (Wildman–Crippen MR) is 58.5 cm³/mol. The smallest absolute Gasteiger partial charge is 0.116 e. The molecule has 0 aliphatic carbocycles. The van der Waals surface area contributed by atoms with Gasteiger partial charge in [0.25, 0.3) is 0 Å². The summed E-state index contributed by atoms with van der Waals surface area (Å²) in [6.07, 6.45) is 1.53. The van der Waals surface area contributed by atoms with Gasteiger partial charge in [0.1, 0.15) is 16.8 Å². The van der Waals surface area contributed by atoms with Crippen LogP contribution in [0.2, 0.25) is 0 Å². The van der Waals surface area contributed by atoms with Crippen molar-refractivity contribution < 1.29 is 5.11 Å². The van der Waals surface area contributed by atoms with E-state index in [0.29, 0.717) is 5.56 Å². The second-order valence-corrected chi connectivity index (χ2v) is 3.07. The first kappa shape index (κ1) is 10.2. The highest BCUT2D eigenvalue weighted by Crippen LogP contribution is 2.13. The Morgan fingerprint density at radius 2 is 2.29 bits per heavy atom. The summed E-state index contributed by atoms with van der Waals surface area (Å²) in [6.45, 7) is 0. The van der Waals surface area contributed by atoms with Crippen molar-refractivity contribution in [2.24, 2.45) is 5.73 Å². The monoisotopic (exact) mass is 204 g/mol. The molecule has 0 aliphatic rings. The Balaban J connectivity index is 3.08. The number of hydrogen-bond acceptors (Lipinski definition) is 3. The normalized spacial score (nSPS) is 10.6. The Labute approximate surface area is 87.1 Å². The minimum Gasteiger partial charge on any atom is -0.508 e. The Morgan fingerprint density at radius 3 is 2.79 bits per heavy atom. The molecule has 0 unspecified atom stereocenters. The first-order valence-corrected chi connectivity index (χ1v) is 4.25. The van der Waals surface area contributed by atoms with Gasteiger partial charge in [-0.05, 0) is 23.8 Å². The number of aromatic hydroxyl groups is 1. The van der Waals surface area contributed by atoms with Crippen LogP contribution < -0.4 is 5.73 Å². The summed E-state index contributed by atoms with van der Waals surface area (Å²) < 4.78 is 0. The number of phenolic OH excluding ortho intramolecular Hbond substituents is 1. The number of thiocarbonyl (C=S) groups is 1. The SMILES string of the molecule is N#C/C(=C\c1cccc(O)c1)C(N)=S. The molecule has 14 heavy (non-hydrogen) atoms. The maximum absolute atomic E-state index is 9.16. The van der Waals surface area contributed by atoms with Crippen molar-refractivity contribution in [3.63, 3.8) is 0 Å². The molecule has 1 rings (SSSR count). The van der Waals surface area contributed by atoms with Crippen LogP contribution in [0.5, 0.6) is 5.75 Å². The minimum absolute atomic E-state index is 0.0517. The lowest BCUT2D eigenvalue weighted by atomic mass is 10.1. The van der Waals surface area contributed by atoms with Crippen molar-refractivity contribution in [2.75, 3.05) is 0 Å². The molecule has 0 heterocycles. The molecular formula is C10H8N2OS. The van der Waals surface area contributed by atoms with Gasteiger partial charge in [0.15, 0.2) is 0 Å². The largest absolute Gasteiger partial charge is 0.508 e. The van der Waals surface area contributed by atoms with Crippen LogP contribution in [-0.4, -0.2) is 10.1 Å². The summed E-state index contributed by atoms with van der Waals surface area (Å²) in [5, 5.41) is 17.8. The van der Waals surface area contributed by atoms with Gasteiger partial charge in [0, 0.05) is 0 Å². The highest BCUT2D eigenvalue weighted by atomic mass is 32.1. The molecule has 3 nitrogen and oxygen atoms in total. The summed E-state index contributed by atoms with van der Waals surface area (Å²) in [7, 11) is 0. The molecule has 0 fully saturated rings. The third-order valence-corrected chi connectivity index (χ3v) is 1.79. The van der Waals surface area contributed by atoms with Crippen molar-refractivity contribution in [1.29, 1.82) is 5.26 Å². The van der Waals surface area contributed by atoms with E-state index in [0.717, 1.165) is 0 Å². The second kappa shape index (κ2) is 4.40. The molecule has 70 valence electrons. The molecule has 0 saturated heterocycles. The molecule has 0 atom stereocenters. The number of nitrogens with two attached hydrogens (primary N) is 1. The maximum Gasteiger partial charge on any atom is 0.116 e. The fraction of sp³-hybridized carbons (Fsp3) is 0. The Kier molecular flexibility index (Phi) is 3.21. The average Bonchev–Trinajstić information content (AvgIpc) is 2.14. The number of phenols is 1. The van der Waals surface area contributed by atoms with E-state index in [9.17, 15) is 0 Å². The van der Waals surface area contributed by atoms with Crippen LogP contribution in [0, 0.1) is 11.3 Å². The van der Waals surface area contributed by atoms with Crippen molar-refractivity contribution in [3.8, 4) is 11.8 Å². The molecule has 1 aromatic carbocycles. The quantitative estimate of drug-likeness (QED) is 0.436. The number of hydrogen-bond donors (Lipinski definition) is 2. The van der Waals surface area contributed by atoms with E-state index in [1.165, 1.54) is 12.1 Å². The third-order valence-electron chi connectivity index (χ3n) is 1.57. The van der Waals surface area contributed by atoms with Gasteiger partial charge in [0.05, 0.1) is 5.57 Å². The molecule has 0 spiro atoms. The Morgan fingerprint density at radius 1 is 1.57 bits per heavy atom. The molecular weight excluding hydrogens is 196 g/mol. The summed E-state index contributed by atoms with van der Waals surface area (Å²) >= 11 is 4.67. The summed E-state index contributed by atoms with van der Waals surface area (Å²) in [4.78, 5) is 0.0517. The predicted octanol–water partition coefficient (Wildman–Crippen LogP) is 1.59. The van der Waals surface area contributed by atoms with Crippen molar-refractivity contribution in [1.82, 2.24) is 0 Å². The summed E-state index contributed by atoms with van der Waals surface area (Å²) in [6, 6.07) is 8.37. The standard InChI is InChI=1S/C10H8N2OS/c11-6-8(10(12)14)4-7-2-1-3-9(13)5-7/h1-5,13H,(H2,12,14)/b8-4+. The van der Waals surface area contributed by atoms with E-state index >= 15 is 0 Å². The van der Waals surface area contributed by atoms with Gasteiger partial charge < -0.3 is 10.8 Å². The third kappa shape index (κ3) is 2.57. The second-order valence-electron chi connectivity index (χ2n) is 2.63. The van der Waals surface area contributed by atoms with Crippen LogP contribution in [0.3, 0.4) is 0 Å². The van der Waals surface area contributed by atoms with Gasteiger partial charge in [-0.3, -0.25) is 0 Å². The van der Waals surface area contributed by atoms with Gasteiger partial charge in [-0.2, -0.15) is 5.26 Å². The van der Waals surface area contributed by atoms with E-state index in [2.05, 4.69) is 12.2 Å². The molecule has 0 saturated carbocycles. The molecule has 0 amide bonds. The van der Waals surface area contributed by atoms with Crippen LogP contribution in [0.25, 0.3) is 6.08 Å². The summed E-state index contributed by atoms with van der Waals surface area (Å²) in [5.74, 6) is 0.138. The maximum atomic E-state index is 9.16. The zero-order valence-corrected chi connectivity index (χ0v) is 8.08. The van der Waals surface area contributed by atoms with E-state index in [1.807, 2.05) is 6.07 Å². The number of nitrogens with zero attached hydrogens (tertiary/aromatic N) is 1. The first-order chi connectivity index (χ1) is 6.63. The fourth-order valence-electron chi connectivity index (χ4n) is 0.940. The van der Waals surface area contributed by atoms with Gasteiger partial charge in [-0.25, -0.2) is 0 Å². The molecule has 4 heteroatoms. The van der Waals surface area contributed by atoms with Crippen LogP contribution in [-0.2, 0) is 0 Å². The molecule has 3 N–H and O–H groups in total. The topological polar surface area (TPSA) is 70.0 Å². The zero-order valence-electron chi connectivity index (χ0n) is 7.27. The Bertz CT molecular complexity index is 432. The van der Waals surface area contributed by atoms with Crippen molar-refractivity contribution in [2.45, 2.75) is 0 Å². The molecule has 0 aromatic heterocycles. The lowest BCUT2D eigenvalue weighted by Crippen LogP contribution is -2.09. The first-order valence-electron chi connectivity index (χ1n) is 3.84. The number of nitriles is 1. The molecule has 0 bridgehead atoms. The van der Waals surface area contributed by atoms with Crippen molar-refractivity contribution >= 4 is 23.3 Å².